The lowest BCUT2D eigenvalue weighted by Gasteiger charge is -2.21. The number of aliphatic hydroxyl groups is 1. The number of carbonyl (C=O) groups is 1. The molecule has 0 aromatic rings. The molecule has 0 aromatic heterocycles. The molecule has 1 unspecified atom stereocenters. The molecule has 0 bridgehead atoms. The van der Waals surface area contributed by atoms with E-state index in [0.29, 0.717) is 6.54 Å². The van der Waals surface area contributed by atoms with Crippen molar-refractivity contribution in [2.75, 3.05) is 18.1 Å². The minimum Gasteiger partial charge on any atom is -0.387 e. The quantitative estimate of drug-likeness (QED) is 0.740. The summed E-state index contributed by atoms with van der Waals surface area (Å²) in [5.74, 6) is 1.57. The second-order valence-electron chi connectivity index (χ2n) is 5.44. The zero-order valence-electron chi connectivity index (χ0n) is 10.2. The summed E-state index contributed by atoms with van der Waals surface area (Å²) in [6.45, 7) is 6.47. The Hall–Kier alpha value is -0.480. The Kier molecular flexibility index (Phi) is 4.44. The highest BCUT2D eigenvalue weighted by atomic mass is 32.2. The highest BCUT2D eigenvalue weighted by Gasteiger charge is 2.31. The van der Waals surface area contributed by atoms with Crippen LogP contribution in [0.2, 0.25) is 0 Å². The molecule has 1 heterocycles. The molecule has 1 atom stereocenters. The van der Waals surface area contributed by atoms with Crippen molar-refractivity contribution in [3.63, 3.8) is 0 Å². The number of carbonyl (C=O) groups excluding carboxylic acids is 1. The van der Waals surface area contributed by atoms with Gasteiger partial charge in [-0.3, -0.25) is 4.79 Å². The Bertz CT molecular complexity index is 275. The Morgan fingerprint density at radius 1 is 1.56 bits per heavy atom. The summed E-state index contributed by atoms with van der Waals surface area (Å²) >= 11 is 1.73. The zero-order valence-corrected chi connectivity index (χ0v) is 11.1. The molecule has 0 aliphatic carbocycles. The lowest BCUT2D eigenvalue weighted by Crippen LogP contribution is -2.42. The predicted octanol–water partition coefficient (Wildman–Crippen LogP) is 1.57. The van der Waals surface area contributed by atoms with Gasteiger partial charge in [-0.2, -0.15) is 11.8 Å². The highest BCUT2D eigenvalue weighted by molar-refractivity contribution is 7.99. The molecule has 1 aliphatic heterocycles. The molecule has 3 nitrogen and oxygen atoms in total. The predicted molar refractivity (Wildman–Crippen MR) is 68.5 cm³/mol. The van der Waals surface area contributed by atoms with Gasteiger partial charge in [0.05, 0.1) is 5.60 Å². The molecule has 0 spiro atoms. The number of nitrogens with one attached hydrogen (secondary N) is 1. The third-order valence-electron chi connectivity index (χ3n) is 2.41. The summed E-state index contributed by atoms with van der Waals surface area (Å²) in [7, 11) is 0. The molecule has 1 saturated heterocycles. The molecule has 16 heavy (non-hydrogen) atoms. The van der Waals surface area contributed by atoms with Crippen molar-refractivity contribution in [3.05, 3.63) is 12.2 Å². The van der Waals surface area contributed by atoms with Crippen molar-refractivity contribution >= 4 is 17.7 Å². The molecule has 1 aliphatic rings. The fourth-order valence-corrected chi connectivity index (χ4v) is 2.67. The van der Waals surface area contributed by atoms with Crippen molar-refractivity contribution in [3.8, 4) is 0 Å². The standard InChI is InChI=1S/C12H21NO2S/c1-11(2,3)5-4-10(14)13-8-12(15)6-7-16-9-12/h4-5,15H,6-9H2,1-3H3,(H,13,14). The van der Waals surface area contributed by atoms with Gasteiger partial charge in [0, 0.05) is 12.3 Å². The summed E-state index contributed by atoms with van der Waals surface area (Å²) in [6, 6.07) is 0. The smallest absolute Gasteiger partial charge is 0.243 e. The summed E-state index contributed by atoms with van der Waals surface area (Å²) < 4.78 is 0. The lowest BCUT2D eigenvalue weighted by molar-refractivity contribution is -0.117. The van der Waals surface area contributed by atoms with Crippen molar-refractivity contribution in [1.82, 2.24) is 5.32 Å². The van der Waals surface area contributed by atoms with E-state index in [4.69, 9.17) is 0 Å². The molecule has 2 N–H and O–H groups in total. The van der Waals surface area contributed by atoms with Crippen LogP contribution in [0.15, 0.2) is 12.2 Å². The summed E-state index contributed by atoms with van der Waals surface area (Å²) in [5, 5.41) is 12.8. The van der Waals surface area contributed by atoms with Crippen LogP contribution in [0.4, 0.5) is 0 Å². The largest absolute Gasteiger partial charge is 0.387 e. The molecular formula is C12H21NO2S. The second kappa shape index (κ2) is 5.23. The van der Waals surface area contributed by atoms with Crippen LogP contribution in [0.1, 0.15) is 27.2 Å². The van der Waals surface area contributed by atoms with E-state index in [1.807, 2.05) is 26.8 Å². The number of thioether (sulfide) groups is 1. The number of allylic oxidation sites excluding steroid dienone is 1. The maximum Gasteiger partial charge on any atom is 0.243 e. The molecule has 4 heteroatoms. The highest BCUT2D eigenvalue weighted by Crippen LogP contribution is 2.26. The van der Waals surface area contributed by atoms with Gasteiger partial charge in [-0.05, 0) is 23.7 Å². The van der Waals surface area contributed by atoms with Crippen LogP contribution < -0.4 is 5.32 Å². The van der Waals surface area contributed by atoms with E-state index < -0.39 is 5.60 Å². The van der Waals surface area contributed by atoms with Crippen molar-refractivity contribution in [2.45, 2.75) is 32.8 Å². The topological polar surface area (TPSA) is 49.3 Å². The third-order valence-corrected chi connectivity index (χ3v) is 3.64. The van der Waals surface area contributed by atoms with E-state index >= 15 is 0 Å². The number of hydrogen-bond acceptors (Lipinski definition) is 3. The first-order valence-electron chi connectivity index (χ1n) is 5.58. The molecule has 0 aromatic carbocycles. The number of amides is 1. The normalized spacial score (nSPS) is 26.2. The molecule has 1 rings (SSSR count). The van der Waals surface area contributed by atoms with Gasteiger partial charge in [0.25, 0.3) is 0 Å². The second-order valence-corrected chi connectivity index (χ2v) is 6.55. The van der Waals surface area contributed by atoms with E-state index in [0.717, 1.165) is 17.9 Å². The molecule has 1 amide bonds. The van der Waals surface area contributed by atoms with E-state index in [9.17, 15) is 9.90 Å². The zero-order chi connectivity index (χ0) is 12.2. The van der Waals surface area contributed by atoms with Gasteiger partial charge in [0.2, 0.25) is 5.91 Å². The van der Waals surface area contributed by atoms with E-state index in [1.165, 1.54) is 0 Å². The maximum absolute atomic E-state index is 11.5. The first-order valence-corrected chi connectivity index (χ1v) is 6.73. The van der Waals surface area contributed by atoms with Crippen molar-refractivity contribution in [2.24, 2.45) is 5.41 Å². The first-order chi connectivity index (χ1) is 7.31. The van der Waals surface area contributed by atoms with Crippen LogP contribution in [-0.2, 0) is 4.79 Å². The van der Waals surface area contributed by atoms with E-state index in [2.05, 4.69) is 5.32 Å². The fourth-order valence-electron chi connectivity index (χ4n) is 1.37. The van der Waals surface area contributed by atoms with Gasteiger partial charge in [-0.15, -0.1) is 0 Å². The van der Waals surface area contributed by atoms with Crippen LogP contribution in [0.25, 0.3) is 0 Å². The minimum absolute atomic E-state index is 0.0114. The van der Waals surface area contributed by atoms with Gasteiger partial charge in [0.1, 0.15) is 0 Å². The summed E-state index contributed by atoms with van der Waals surface area (Å²) in [5.41, 5.74) is -0.687. The summed E-state index contributed by atoms with van der Waals surface area (Å²) in [4.78, 5) is 11.5. The van der Waals surface area contributed by atoms with Gasteiger partial charge >= 0.3 is 0 Å². The van der Waals surface area contributed by atoms with Crippen LogP contribution in [0.3, 0.4) is 0 Å². The fraction of sp³-hybridized carbons (Fsp3) is 0.750. The molecule has 0 saturated carbocycles. The first kappa shape index (κ1) is 13.6. The van der Waals surface area contributed by atoms with Crippen LogP contribution >= 0.6 is 11.8 Å². The van der Waals surface area contributed by atoms with Gasteiger partial charge in [0.15, 0.2) is 0 Å². The average molecular weight is 243 g/mol. The SMILES string of the molecule is CC(C)(C)C=CC(=O)NCC1(O)CCSC1. The molecule has 1 fully saturated rings. The molecular weight excluding hydrogens is 222 g/mol. The van der Waals surface area contributed by atoms with Gasteiger partial charge in [-0.25, -0.2) is 0 Å². The number of rotatable bonds is 3. The average Bonchev–Trinajstić information content (AvgIpc) is 2.59. The Morgan fingerprint density at radius 3 is 2.75 bits per heavy atom. The molecule has 92 valence electrons. The van der Waals surface area contributed by atoms with Crippen LogP contribution in [0, 0.1) is 5.41 Å². The Morgan fingerprint density at radius 2 is 2.25 bits per heavy atom. The Balaban J connectivity index is 2.33. The van der Waals surface area contributed by atoms with Gasteiger partial charge < -0.3 is 10.4 Å². The molecule has 0 radical (unpaired) electrons. The van der Waals surface area contributed by atoms with Crippen LogP contribution in [-0.4, -0.2) is 34.7 Å². The summed E-state index contributed by atoms with van der Waals surface area (Å²) in [6.07, 6.45) is 4.18. The number of hydrogen-bond donors (Lipinski definition) is 2. The van der Waals surface area contributed by atoms with E-state index in [1.54, 1.807) is 17.8 Å². The third kappa shape index (κ3) is 5.03. The minimum atomic E-state index is -0.699. The van der Waals surface area contributed by atoms with Crippen molar-refractivity contribution in [1.29, 1.82) is 0 Å². The van der Waals surface area contributed by atoms with Gasteiger partial charge in [-0.1, -0.05) is 26.8 Å². The van der Waals surface area contributed by atoms with Crippen LogP contribution in [0.5, 0.6) is 0 Å². The van der Waals surface area contributed by atoms with Crippen molar-refractivity contribution < 1.29 is 9.90 Å². The lowest BCUT2D eigenvalue weighted by atomic mass is 9.96. The Labute approximate surface area is 102 Å². The van der Waals surface area contributed by atoms with E-state index in [-0.39, 0.29) is 11.3 Å². The monoisotopic (exact) mass is 243 g/mol. The maximum atomic E-state index is 11.5.